The van der Waals surface area contributed by atoms with Crippen LogP contribution < -0.4 is 20.5 Å². The average Bonchev–Trinajstić information content (AvgIpc) is 2.76. The summed E-state index contributed by atoms with van der Waals surface area (Å²) in [5.74, 6) is -1.28. The van der Waals surface area contributed by atoms with Crippen LogP contribution in [-0.4, -0.2) is 39.9 Å². The minimum absolute atomic E-state index is 0.0266. The van der Waals surface area contributed by atoms with Gasteiger partial charge >= 0.3 is 0 Å². The smallest absolute Gasteiger partial charge is 0.257 e. The van der Waals surface area contributed by atoms with Gasteiger partial charge in [-0.15, -0.1) is 0 Å². The van der Waals surface area contributed by atoms with E-state index in [4.69, 9.17) is 0 Å². The fraction of sp³-hybridized carbons (Fsp3) is 0.333. The van der Waals surface area contributed by atoms with Crippen molar-refractivity contribution in [2.24, 2.45) is 0 Å². The van der Waals surface area contributed by atoms with E-state index in [9.17, 15) is 22.4 Å². The number of para-hydroxylation sites is 1. The molecular weight excluding hydrogens is 423 g/mol. The molecule has 0 fully saturated rings. The Kier molecular flexibility index (Phi) is 7.59. The van der Waals surface area contributed by atoms with Gasteiger partial charge in [-0.3, -0.25) is 20.4 Å². The van der Waals surface area contributed by atoms with Crippen LogP contribution in [0.1, 0.15) is 24.8 Å². The number of halogens is 1. The van der Waals surface area contributed by atoms with E-state index in [0.29, 0.717) is 0 Å². The highest BCUT2D eigenvalue weighted by molar-refractivity contribution is 7.89. The lowest BCUT2D eigenvalue weighted by Crippen LogP contribution is -2.47. The number of hydrazine groups is 1. The molecule has 0 bridgehead atoms. The predicted molar refractivity (Wildman–Crippen MR) is 114 cm³/mol. The molecule has 0 spiro atoms. The molecular formula is C21H25FN4O4S. The highest BCUT2D eigenvalue weighted by atomic mass is 32.2. The normalized spacial score (nSPS) is 13.4. The van der Waals surface area contributed by atoms with Crippen molar-refractivity contribution >= 4 is 27.5 Å². The fourth-order valence-electron chi connectivity index (χ4n) is 3.34. The molecule has 0 radical (unpaired) electrons. The summed E-state index contributed by atoms with van der Waals surface area (Å²) in [6.07, 6.45) is 2.21. The molecule has 8 nitrogen and oxygen atoms in total. The van der Waals surface area contributed by atoms with Gasteiger partial charge in [0, 0.05) is 25.2 Å². The van der Waals surface area contributed by atoms with E-state index in [1.807, 2.05) is 29.2 Å². The van der Waals surface area contributed by atoms with E-state index >= 15 is 0 Å². The number of anilines is 1. The number of hydrogen-bond acceptors (Lipinski definition) is 5. The minimum Gasteiger partial charge on any atom is -0.362 e. The van der Waals surface area contributed by atoms with E-state index in [1.54, 1.807) is 0 Å². The Balaban J connectivity index is 1.36. The van der Waals surface area contributed by atoms with Crippen molar-refractivity contribution in [3.05, 3.63) is 59.9 Å². The minimum atomic E-state index is -3.77. The molecule has 2 aromatic carbocycles. The molecule has 0 unspecified atom stereocenters. The molecule has 1 aliphatic heterocycles. The van der Waals surface area contributed by atoms with Crippen LogP contribution in [0, 0.1) is 5.82 Å². The summed E-state index contributed by atoms with van der Waals surface area (Å²) in [5, 5.41) is 0. The standard InChI is InChI=1S/C21H25FN4O4S/c22-17-9-11-18(12-10-17)31(29,30)23-13-3-8-20(27)24-25-21(28)15-26-14-4-6-16-5-1-2-7-19(16)26/h1-2,5,7,9-12,23H,3-4,6,8,13-15H2,(H,24,27)(H,25,28). The molecule has 166 valence electrons. The van der Waals surface area contributed by atoms with E-state index < -0.39 is 21.7 Å². The number of fused-ring (bicyclic) bond motifs is 1. The molecule has 31 heavy (non-hydrogen) atoms. The summed E-state index contributed by atoms with van der Waals surface area (Å²) in [7, 11) is -3.77. The van der Waals surface area contributed by atoms with Gasteiger partial charge in [0.05, 0.1) is 11.4 Å². The second-order valence-electron chi connectivity index (χ2n) is 7.21. The van der Waals surface area contributed by atoms with Crippen LogP contribution in [0.4, 0.5) is 10.1 Å². The van der Waals surface area contributed by atoms with Gasteiger partial charge < -0.3 is 4.90 Å². The molecule has 10 heteroatoms. The molecule has 0 saturated carbocycles. The summed E-state index contributed by atoms with van der Waals surface area (Å²) in [6, 6.07) is 12.4. The van der Waals surface area contributed by atoms with Crippen molar-refractivity contribution in [3.63, 3.8) is 0 Å². The first-order valence-corrected chi connectivity index (χ1v) is 11.5. The van der Waals surface area contributed by atoms with Gasteiger partial charge in [0.25, 0.3) is 5.91 Å². The topological polar surface area (TPSA) is 108 Å². The Bertz CT molecular complexity index is 1030. The zero-order valence-corrected chi connectivity index (χ0v) is 17.8. The monoisotopic (exact) mass is 448 g/mol. The van der Waals surface area contributed by atoms with Crippen LogP contribution in [0.5, 0.6) is 0 Å². The number of carbonyl (C=O) groups excluding carboxylic acids is 2. The van der Waals surface area contributed by atoms with Crippen molar-refractivity contribution in [3.8, 4) is 0 Å². The van der Waals surface area contributed by atoms with Gasteiger partial charge in [0.1, 0.15) is 5.82 Å². The summed E-state index contributed by atoms with van der Waals surface area (Å²) in [5.41, 5.74) is 6.98. The SMILES string of the molecule is O=C(CCCNS(=O)(=O)c1ccc(F)cc1)NNC(=O)CN1CCCc2ccccc21. The Hall–Kier alpha value is -2.98. The third-order valence-corrected chi connectivity index (χ3v) is 6.36. The lowest BCUT2D eigenvalue weighted by Gasteiger charge is -2.30. The number of nitrogens with one attached hydrogen (secondary N) is 3. The molecule has 2 amide bonds. The van der Waals surface area contributed by atoms with Gasteiger partial charge in [-0.2, -0.15) is 0 Å². The van der Waals surface area contributed by atoms with E-state index in [1.165, 1.54) is 17.7 Å². The van der Waals surface area contributed by atoms with E-state index in [2.05, 4.69) is 15.6 Å². The van der Waals surface area contributed by atoms with Gasteiger partial charge in [0.15, 0.2) is 0 Å². The van der Waals surface area contributed by atoms with Crippen molar-refractivity contribution < 1.29 is 22.4 Å². The molecule has 0 saturated heterocycles. The van der Waals surface area contributed by atoms with Crippen molar-refractivity contribution in [2.45, 2.75) is 30.6 Å². The maximum Gasteiger partial charge on any atom is 0.257 e. The molecule has 0 atom stereocenters. The second-order valence-corrected chi connectivity index (χ2v) is 8.97. The Morgan fingerprint density at radius 2 is 1.71 bits per heavy atom. The van der Waals surface area contributed by atoms with Crippen LogP contribution in [0.3, 0.4) is 0 Å². The average molecular weight is 449 g/mol. The summed E-state index contributed by atoms with van der Waals surface area (Å²) in [6.45, 7) is 0.937. The molecule has 2 aromatic rings. The lowest BCUT2D eigenvalue weighted by molar-refractivity contribution is -0.128. The number of amides is 2. The van der Waals surface area contributed by atoms with Gasteiger partial charge in [-0.05, 0) is 55.2 Å². The number of carbonyl (C=O) groups is 2. The maximum absolute atomic E-state index is 12.9. The number of aryl methyl sites for hydroxylation is 1. The third-order valence-electron chi connectivity index (χ3n) is 4.88. The largest absolute Gasteiger partial charge is 0.362 e. The van der Waals surface area contributed by atoms with Crippen molar-refractivity contribution in [2.75, 3.05) is 24.5 Å². The number of nitrogens with zero attached hydrogens (tertiary/aromatic N) is 1. The van der Waals surface area contributed by atoms with Crippen LogP contribution in [0.15, 0.2) is 53.4 Å². The molecule has 3 rings (SSSR count). The number of benzene rings is 2. The quantitative estimate of drug-likeness (QED) is 0.419. The Morgan fingerprint density at radius 3 is 2.48 bits per heavy atom. The number of hydrogen-bond donors (Lipinski definition) is 3. The molecule has 1 heterocycles. The molecule has 1 aliphatic rings. The zero-order valence-electron chi connectivity index (χ0n) is 16.9. The van der Waals surface area contributed by atoms with Gasteiger partial charge in [-0.25, -0.2) is 17.5 Å². The highest BCUT2D eigenvalue weighted by Gasteiger charge is 2.19. The first-order chi connectivity index (χ1) is 14.8. The molecule has 3 N–H and O–H groups in total. The summed E-state index contributed by atoms with van der Waals surface area (Å²) in [4.78, 5) is 26.0. The van der Waals surface area contributed by atoms with Gasteiger partial charge in [-0.1, -0.05) is 18.2 Å². The van der Waals surface area contributed by atoms with Crippen molar-refractivity contribution in [1.82, 2.24) is 15.6 Å². The van der Waals surface area contributed by atoms with E-state index in [-0.39, 0.29) is 36.7 Å². The number of sulfonamides is 1. The second kappa shape index (κ2) is 10.4. The summed E-state index contributed by atoms with van der Waals surface area (Å²) >= 11 is 0. The number of rotatable bonds is 8. The van der Waals surface area contributed by atoms with Crippen molar-refractivity contribution in [1.29, 1.82) is 0 Å². The molecule has 0 aromatic heterocycles. The highest BCUT2D eigenvalue weighted by Crippen LogP contribution is 2.26. The predicted octanol–water partition coefficient (Wildman–Crippen LogP) is 1.48. The Labute approximate surface area is 180 Å². The van der Waals surface area contributed by atoms with Crippen LogP contribution in [-0.2, 0) is 26.0 Å². The first-order valence-electron chi connectivity index (χ1n) is 10.0. The third kappa shape index (κ3) is 6.50. The Morgan fingerprint density at radius 1 is 1.00 bits per heavy atom. The molecule has 0 aliphatic carbocycles. The maximum atomic E-state index is 12.9. The van der Waals surface area contributed by atoms with Crippen LogP contribution in [0.2, 0.25) is 0 Å². The van der Waals surface area contributed by atoms with E-state index in [0.717, 1.165) is 37.2 Å². The lowest BCUT2D eigenvalue weighted by atomic mass is 10.0. The van der Waals surface area contributed by atoms with Crippen LogP contribution >= 0.6 is 0 Å². The zero-order chi connectivity index (χ0) is 22.3. The first kappa shape index (κ1) is 22.7. The fourth-order valence-corrected chi connectivity index (χ4v) is 4.42. The van der Waals surface area contributed by atoms with Crippen LogP contribution in [0.25, 0.3) is 0 Å². The summed E-state index contributed by atoms with van der Waals surface area (Å²) < 4.78 is 39.4. The van der Waals surface area contributed by atoms with Gasteiger partial charge in [0.2, 0.25) is 15.9 Å².